The monoisotopic (exact) mass is 456 g/mol. The zero-order valence-corrected chi connectivity index (χ0v) is 18.9. The SMILES string of the molecule is Cc1ccc(S(C)(=O)=O)cc1S(=O)(=O)N1CCCN(Cc2ccc(Cl)cc2)CC1. The third-order valence-corrected chi connectivity index (χ3v) is 8.48. The zero-order chi connectivity index (χ0) is 21.2. The molecule has 29 heavy (non-hydrogen) atoms. The molecule has 6 nitrogen and oxygen atoms in total. The van der Waals surface area contributed by atoms with Crippen LogP contribution in [-0.4, -0.2) is 58.5 Å². The van der Waals surface area contributed by atoms with Gasteiger partial charge in [-0.2, -0.15) is 4.31 Å². The van der Waals surface area contributed by atoms with E-state index in [1.807, 2.05) is 24.3 Å². The smallest absolute Gasteiger partial charge is 0.243 e. The predicted molar refractivity (Wildman–Crippen MR) is 114 cm³/mol. The molecule has 9 heteroatoms. The first kappa shape index (κ1) is 22.2. The lowest BCUT2D eigenvalue weighted by Crippen LogP contribution is -2.35. The van der Waals surface area contributed by atoms with E-state index >= 15 is 0 Å². The normalized spacial score (nSPS) is 17.2. The molecule has 1 aliphatic rings. The van der Waals surface area contributed by atoms with Crippen molar-refractivity contribution in [3.05, 3.63) is 58.6 Å². The lowest BCUT2D eigenvalue weighted by atomic mass is 10.2. The van der Waals surface area contributed by atoms with E-state index in [1.165, 1.54) is 16.4 Å². The summed E-state index contributed by atoms with van der Waals surface area (Å²) in [5.41, 5.74) is 1.67. The summed E-state index contributed by atoms with van der Waals surface area (Å²) in [6.45, 7) is 4.57. The maximum atomic E-state index is 13.2. The number of sulfonamides is 1. The van der Waals surface area contributed by atoms with Crippen molar-refractivity contribution in [2.24, 2.45) is 0 Å². The van der Waals surface area contributed by atoms with Crippen LogP contribution in [0.5, 0.6) is 0 Å². The fourth-order valence-electron chi connectivity index (χ4n) is 3.42. The van der Waals surface area contributed by atoms with Crippen LogP contribution in [-0.2, 0) is 26.4 Å². The molecule has 158 valence electrons. The van der Waals surface area contributed by atoms with Gasteiger partial charge in [0.15, 0.2) is 9.84 Å². The molecule has 0 aromatic heterocycles. The molecular weight excluding hydrogens is 432 g/mol. The highest BCUT2D eigenvalue weighted by atomic mass is 35.5. The number of sulfone groups is 1. The third kappa shape index (κ3) is 5.38. The van der Waals surface area contributed by atoms with Crippen molar-refractivity contribution < 1.29 is 16.8 Å². The molecule has 1 heterocycles. The summed E-state index contributed by atoms with van der Waals surface area (Å²) >= 11 is 5.94. The van der Waals surface area contributed by atoms with Crippen LogP contribution in [0.15, 0.2) is 52.3 Å². The number of nitrogens with zero attached hydrogens (tertiary/aromatic N) is 2. The van der Waals surface area contributed by atoms with Gasteiger partial charge in [-0.15, -0.1) is 0 Å². The van der Waals surface area contributed by atoms with Crippen molar-refractivity contribution >= 4 is 31.5 Å². The molecule has 1 saturated heterocycles. The second-order valence-electron chi connectivity index (χ2n) is 7.36. The number of hydrogen-bond donors (Lipinski definition) is 0. The first-order valence-electron chi connectivity index (χ1n) is 9.35. The second kappa shape index (κ2) is 8.73. The van der Waals surface area contributed by atoms with Crippen LogP contribution in [0, 0.1) is 6.92 Å². The van der Waals surface area contributed by atoms with E-state index in [-0.39, 0.29) is 9.79 Å². The van der Waals surface area contributed by atoms with Crippen LogP contribution >= 0.6 is 11.6 Å². The highest BCUT2D eigenvalue weighted by molar-refractivity contribution is 7.91. The molecular formula is C20H25ClN2O4S2. The molecule has 0 aliphatic carbocycles. The van der Waals surface area contributed by atoms with E-state index in [4.69, 9.17) is 11.6 Å². The summed E-state index contributed by atoms with van der Waals surface area (Å²) in [6, 6.07) is 11.9. The molecule has 0 N–H and O–H groups in total. The summed E-state index contributed by atoms with van der Waals surface area (Å²) in [5, 5.41) is 0.688. The number of halogens is 1. The number of hydrogen-bond acceptors (Lipinski definition) is 5. The molecule has 0 amide bonds. The molecule has 0 saturated carbocycles. The molecule has 0 bridgehead atoms. The minimum Gasteiger partial charge on any atom is -0.298 e. The Kier molecular flexibility index (Phi) is 6.70. The fraction of sp³-hybridized carbons (Fsp3) is 0.400. The van der Waals surface area contributed by atoms with Crippen LogP contribution < -0.4 is 0 Å². The van der Waals surface area contributed by atoms with E-state index in [1.54, 1.807) is 13.0 Å². The van der Waals surface area contributed by atoms with Crippen LogP contribution in [0.25, 0.3) is 0 Å². The molecule has 2 aromatic rings. The molecule has 1 fully saturated rings. The van der Waals surface area contributed by atoms with Gasteiger partial charge in [0.1, 0.15) is 0 Å². The van der Waals surface area contributed by atoms with Gasteiger partial charge in [-0.25, -0.2) is 16.8 Å². The Morgan fingerprint density at radius 1 is 0.931 bits per heavy atom. The van der Waals surface area contributed by atoms with Crippen LogP contribution in [0.2, 0.25) is 5.02 Å². The van der Waals surface area contributed by atoms with Gasteiger partial charge in [0.2, 0.25) is 10.0 Å². The Bertz CT molecular complexity index is 1080. The van der Waals surface area contributed by atoms with Crippen molar-refractivity contribution in [2.45, 2.75) is 29.7 Å². The lowest BCUT2D eigenvalue weighted by molar-refractivity contribution is 0.278. The Morgan fingerprint density at radius 2 is 1.62 bits per heavy atom. The van der Waals surface area contributed by atoms with Crippen LogP contribution in [0.4, 0.5) is 0 Å². The average molecular weight is 457 g/mol. The van der Waals surface area contributed by atoms with Crippen molar-refractivity contribution in [2.75, 3.05) is 32.4 Å². The first-order chi connectivity index (χ1) is 13.6. The Balaban J connectivity index is 1.78. The van der Waals surface area contributed by atoms with Crippen molar-refractivity contribution in [3.8, 4) is 0 Å². The standard InChI is InChI=1S/C20H25ClN2O4S2/c1-16-4-9-19(28(2,24)25)14-20(16)29(26,27)23-11-3-10-22(12-13-23)15-17-5-7-18(21)8-6-17/h4-9,14H,3,10-13,15H2,1-2H3. The molecule has 0 unspecified atom stereocenters. The van der Waals surface area contributed by atoms with E-state index in [2.05, 4.69) is 4.90 Å². The molecule has 0 spiro atoms. The maximum Gasteiger partial charge on any atom is 0.243 e. The summed E-state index contributed by atoms with van der Waals surface area (Å²) in [5.74, 6) is 0. The Labute approximate surface area is 178 Å². The largest absolute Gasteiger partial charge is 0.298 e. The van der Waals surface area contributed by atoms with Gasteiger partial charge < -0.3 is 0 Å². The average Bonchev–Trinajstić information content (AvgIpc) is 2.89. The fourth-order valence-corrected chi connectivity index (χ4v) is 5.99. The van der Waals surface area contributed by atoms with E-state index in [0.717, 1.165) is 24.9 Å². The first-order valence-corrected chi connectivity index (χ1v) is 13.1. The molecule has 1 aliphatic heterocycles. The van der Waals surface area contributed by atoms with Gasteiger partial charge in [-0.05, 0) is 55.3 Å². The quantitative estimate of drug-likeness (QED) is 0.691. The highest BCUT2D eigenvalue weighted by Gasteiger charge is 2.29. The number of benzene rings is 2. The lowest BCUT2D eigenvalue weighted by Gasteiger charge is -2.22. The van der Waals surface area contributed by atoms with Gasteiger partial charge in [0, 0.05) is 37.5 Å². The van der Waals surface area contributed by atoms with Crippen molar-refractivity contribution in [3.63, 3.8) is 0 Å². The Hall–Kier alpha value is -1.45. The van der Waals surface area contributed by atoms with E-state index < -0.39 is 19.9 Å². The Morgan fingerprint density at radius 3 is 2.28 bits per heavy atom. The number of aryl methyl sites for hydroxylation is 1. The minimum absolute atomic E-state index is 0.0147. The van der Waals surface area contributed by atoms with Crippen molar-refractivity contribution in [1.29, 1.82) is 0 Å². The maximum absolute atomic E-state index is 13.2. The summed E-state index contributed by atoms with van der Waals surface area (Å²) < 4.78 is 51.7. The predicted octanol–water partition coefficient (Wildman–Crippen LogP) is 2.95. The number of rotatable bonds is 5. The summed E-state index contributed by atoms with van der Waals surface area (Å²) in [4.78, 5) is 2.30. The highest BCUT2D eigenvalue weighted by Crippen LogP contribution is 2.25. The van der Waals surface area contributed by atoms with Gasteiger partial charge in [-0.1, -0.05) is 29.8 Å². The van der Waals surface area contributed by atoms with E-state index in [0.29, 0.717) is 36.6 Å². The molecule has 3 rings (SSSR count). The zero-order valence-electron chi connectivity index (χ0n) is 16.5. The summed E-state index contributed by atoms with van der Waals surface area (Å²) in [6.07, 6.45) is 1.78. The second-order valence-corrected chi connectivity index (χ2v) is 11.7. The van der Waals surface area contributed by atoms with Crippen molar-refractivity contribution in [1.82, 2.24) is 9.21 Å². The van der Waals surface area contributed by atoms with Crippen LogP contribution in [0.1, 0.15) is 17.5 Å². The third-order valence-electron chi connectivity index (χ3n) is 5.07. The topological polar surface area (TPSA) is 74.8 Å². The van der Waals surface area contributed by atoms with Gasteiger partial charge in [-0.3, -0.25) is 4.90 Å². The van der Waals surface area contributed by atoms with Crippen LogP contribution in [0.3, 0.4) is 0 Å². The molecule has 0 radical (unpaired) electrons. The molecule has 2 aromatic carbocycles. The van der Waals surface area contributed by atoms with Gasteiger partial charge in [0.05, 0.1) is 9.79 Å². The van der Waals surface area contributed by atoms with E-state index in [9.17, 15) is 16.8 Å². The summed E-state index contributed by atoms with van der Waals surface area (Å²) in [7, 11) is -7.26. The molecule has 0 atom stereocenters. The van der Waals surface area contributed by atoms with Gasteiger partial charge in [0.25, 0.3) is 0 Å². The van der Waals surface area contributed by atoms with Gasteiger partial charge >= 0.3 is 0 Å². The minimum atomic E-state index is -3.78.